The number of sulfonamides is 1. The van der Waals surface area contributed by atoms with Crippen molar-refractivity contribution in [2.75, 3.05) is 47.8 Å². The van der Waals surface area contributed by atoms with Gasteiger partial charge >= 0.3 is 5.97 Å². The van der Waals surface area contributed by atoms with Gasteiger partial charge in [-0.3, -0.25) is 4.72 Å². The van der Waals surface area contributed by atoms with Crippen LogP contribution in [-0.2, 0) is 10.0 Å². The number of thiophene rings is 1. The normalized spacial score (nSPS) is 14.1. The van der Waals surface area contributed by atoms with Gasteiger partial charge in [-0.2, -0.15) is 0 Å². The minimum Gasteiger partial charge on any atom is -0.495 e. The van der Waals surface area contributed by atoms with Gasteiger partial charge in [0.25, 0.3) is 10.0 Å². The summed E-state index contributed by atoms with van der Waals surface area (Å²) in [5.74, 6) is 0.287. The zero-order valence-corrected chi connectivity index (χ0v) is 21.1. The summed E-state index contributed by atoms with van der Waals surface area (Å²) in [5, 5.41) is 12.0. The van der Waals surface area contributed by atoms with E-state index in [0.29, 0.717) is 29.8 Å². The van der Waals surface area contributed by atoms with E-state index in [4.69, 9.17) is 9.72 Å². The zero-order valence-electron chi connectivity index (χ0n) is 19.4. The monoisotopic (exact) mass is 524 g/mol. The third-order valence-corrected chi connectivity index (χ3v) is 8.85. The predicted molar refractivity (Wildman–Crippen MR) is 141 cm³/mol. The zero-order chi connectivity index (χ0) is 25.3. The Bertz CT molecular complexity index is 1520. The van der Waals surface area contributed by atoms with E-state index in [-0.39, 0.29) is 15.5 Å². The Balaban J connectivity index is 1.40. The Morgan fingerprint density at radius 2 is 1.78 bits per heavy atom. The third kappa shape index (κ3) is 4.67. The number of methoxy groups -OCH3 is 1. The van der Waals surface area contributed by atoms with Gasteiger partial charge < -0.3 is 19.6 Å². The molecule has 36 heavy (non-hydrogen) atoms. The molecular weight excluding hydrogens is 500 g/mol. The molecule has 0 spiro atoms. The topological polar surface area (TPSA) is 112 Å². The molecule has 0 unspecified atom stereocenters. The van der Waals surface area contributed by atoms with Crippen LogP contribution in [0.3, 0.4) is 0 Å². The number of piperazine rings is 1. The molecule has 1 fully saturated rings. The number of hydrogen-bond donors (Lipinski definition) is 2. The molecule has 2 aromatic heterocycles. The standard InChI is InChI=1S/C25H24N4O5S2/c1-34-22-6-3-2-5-21(22)28-10-12-29(13-11-28)23-16-19(25(30)31)18-15-17(8-9-20(18)26-23)27-36(32,33)24-7-4-14-35-24/h2-9,14-16,27H,10-13H2,1H3,(H,30,31). The number of carboxylic acid groups (broad SMARTS) is 1. The number of anilines is 3. The van der Waals surface area contributed by atoms with E-state index in [1.54, 1.807) is 36.8 Å². The van der Waals surface area contributed by atoms with Crippen LogP contribution in [0.25, 0.3) is 10.9 Å². The van der Waals surface area contributed by atoms with Crippen LogP contribution < -0.4 is 19.3 Å². The highest BCUT2D eigenvalue weighted by atomic mass is 32.2. The molecule has 0 aliphatic carbocycles. The molecule has 0 atom stereocenters. The lowest BCUT2D eigenvalue weighted by molar-refractivity contribution is 0.0699. The Morgan fingerprint density at radius 1 is 1.03 bits per heavy atom. The van der Waals surface area contributed by atoms with Gasteiger partial charge in [0.1, 0.15) is 15.8 Å². The third-order valence-electron chi connectivity index (χ3n) is 6.07. The first kappa shape index (κ1) is 23.9. The molecule has 0 saturated carbocycles. The van der Waals surface area contributed by atoms with Gasteiger partial charge in [0, 0.05) is 37.3 Å². The molecule has 0 bridgehead atoms. The molecule has 3 heterocycles. The highest BCUT2D eigenvalue weighted by Gasteiger charge is 2.23. The van der Waals surface area contributed by atoms with E-state index >= 15 is 0 Å². The number of nitrogens with zero attached hydrogens (tertiary/aromatic N) is 3. The molecule has 0 radical (unpaired) electrons. The largest absolute Gasteiger partial charge is 0.495 e. The van der Waals surface area contributed by atoms with Gasteiger partial charge in [-0.15, -0.1) is 11.3 Å². The lowest BCUT2D eigenvalue weighted by Crippen LogP contribution is -2.47. The van der Waals surface area contributed by atoms with Crippen molar-refractivity contribution in [3.63, 3.8) is 0 Å². The van der Waals surface area contributed by atoms with Crippen molar-refractivity contribution in [2.24, 2.45) is 0 Å². The Labute approximate surface area is 212 Å². The molecule has 0 amide bonds. The smallest absolute Gasteiger partial charge is 0.336 e. The van der Waals surface area contributed by atoms with Crippen molar-refractivity contribution in [2.45, 2.75) is 4.21 Å². The van der Waals surface area contributed by atoms with Crippen LogP contribution in [-0.4, -0.2) is 57.8 Å². The molecule has 5 rings (SSSR count). The average molecular weight is 525 g/mol. The number of hydrogen-bond acceptors (Lipinski definition) is 8. The lowest BCUT2D eigenvalue weighted by Gasteiger charge is -2.37. The quantitative estimate of drug-likeness (QED) is 0.371. The number of aromatic nitrogens is 1. The molecule has 1 aliphatic heterocycles. The number of ether oxygens (including phenoxy) is 1. The maximum Gasteiger partial charge on any atom is 0.336 e. The van der Waals surface area contributed by atoms with Gasteiger partial charge in [0.2, 0.25) is 0 Å². The van der Waals surface area contributed by atoms with Crippen LogP contribution in [0.1, 0.15) is 10.4 Å². The molecule has 2 aromatic carbocycles. The van der Waals surface area contributed by atoms with E-state index in [0.717, 1.165) is 35.9 Å². The second kappa shape index (κ2) is 9.67. The summed E-state index contributed by atoms with van der Waals surface area (Å²) in [6.45, 7) is 2.78. The van der Waals surface area contributed by atoms with Gasteiger partial charge in [-0.05, 0) is 47.8 Å². The van der Waals surface area contributed by atoms with E-state index < -0.39 is 16.0 Å². The Kier molecular flexibility index (Phi) is 6.42. The number of rotatable bonds is 7. The molecular formula is C25H24N4O5S2. The summed E-state index contributed by atoms with van der Waals surface area (Å²) in [5.41, 5.74) is 1.85. The number of carboxylic acids is 1. The van der Waals surface area contributed by atoms with Crippen molar-refractivity contribution in [1.82, 2.24) is 4.98 Å². The Morgan fingerprint density at radius 3 is 2.47 bits per heavy atom. The molecule has 1 saturated heterocycles. The van der Waals surface area contributed by atoms with Crippen molar-refractivity contribution in [3.05, 3.63) is 71.6 Å². The number of para-hydroxylation sites is 2. The van der Waals surface area contributed by atoms with Crippen LogP contribution in [0, 0.1) is 0 Å². The summed E-state index contributed by atoms with van der Waals surface area (Å²) in [4.78, 5) is 21.1. The maximum atomic E-state index is 12.6. The highest BCUT2D eigenvalue weighted by Crippen LogP contribution is 2.31. The van der Waals surface area contributed by atoms with Crippen LogP contribution in [0.4, 0.5) is 17.2 Å². The molecule has 4 aromatic rings. The fourth-order valence-electron chi connectivity index (χ4n) is 4.30. The van der Waals surface area contributed by atoms with E-state index in [2.05, 4.69) is 14.5 Å². The first-order valence-electron chi connectivity index (χ1n) is 11.2. The van der Waals surface area contributed by atoms with E-state index in [1.807, 2.05) is 24.3 Å². The van der Waals surface area contributed by atoms with Crippen molar-refractivity contribution >= 4 is 55.4 Å². The van der Waals surface area contributed by atoms with Crippen LogP contribution in [0.5, 0.6) is 5.75 Å². The minimum atomic E-state index is -3.75. The van der Waals surface area contributed by atoms with E-state index in [9.17, 15) is 18.3 Å². The lowest BCUT2D eigenvalue weighted by atomic mass is 10.1. The fraction of sp³-hybridized carbons (Fsp3) is 0.200. The molecule has 2 N–H and O–H groups in total. The molecule has 9 nitrogen and oxygen atoms in total. The van der Waals surface area contributed by atoms with Crippen LogP contribution in [0.2, 0.25) is 0 Å². The molecule has 186 valence electrons. The van der Waals surface area contributed by atoms with Crippen molar-refractivity contribution < 1.29 is 23.1 Å². The number of carbonyl (C=O) groups is 1. The maximum absolute atomic E-state index is 12.6. The number of aromatic carboxylic acids is 1. The fourth-order valence-corrected chi connectivity index (χ4v) is 6.35. The SMILES string of the molecule is COc1ccccc1N1CCN(c2cc(C(=O)O)c3cc(NS(=O)(=O)c4cccs4)ccc3n2)CC1. The first-order chi connectivity index (χ1) is 17.4. The summed E-state index contributed by atoms with van der Waals surface area (Å²) >= 11 is 1.11. The molecule has 11 heteroatoms. The van der Waals surface area contributed by atoms with Crippen molar-refractivity contribution in [3.8, 4) is 5.75 Å². The summed E-state index contributed by atoms with van der Waals surface area (Å²) < 4.78 is 33.4. The van der Waals surface area contributed by atoms with Crippen LogP contribution >= 0.6 is 11.3 Å². The van der Waals surface area contributed by atoms with Crippen LogP contribution in [0.15, 0.2) is 70.3 Å². The van der Waals surface area contributed by atoms with Gasteiger partial charge in [-0.25, -0.2) is 18.2 Å². The van der Waals surface area contributed by atoms with Gasteiger partial charge in [0.15, 0.2) is 0 Å². The second-order valence-electron chi connectivity index (χ2n) is 8.25. The van der Waals surface area contributed by atoms with E-state index in [1.165, 1.54) is 12.1 Å². The highest BCUT2D eigenvalue weighted by molar-refractivity contribution is 7.94. The molecule has 1 aliphatic rings. The number of benzene rings is 2. The minimum absolute atomic E-state index is 0.0688. The first-order valence-corrected chi connectivity index (χ1v) is 13.6. The Hall–Kier alpha value is -3.83. The van der Waals surface area contributed by atoms with Crippen molar-refractivity contribution in [1.29, 1.82) is 0 Å². The number of fused-ring (bicyclic) bond motifs is 1. The van der Waals surface area contributed by atoms with Gasteiger partial charge in [-0.1, -0.05) is 18.2 Å². The summed E-state index contributed by atoms with van der Waals surface area (Å²) in [7, 11) is -2.10. The number of nitrogens with one attached hydrogen (secondary N) is 1. The second-order valence-corrected chi connectivity index (χ2v) is 11.1. The average Bonchev–Trinajstić information content (AvgIpc) is 3.44. The number of pyridine rings is 1. The summed E-state index contributed by atoms with van der Waals surface area (Å²) in [6.07, 6.45) is 0. The summed E-state index contributed by atoms with van der Waals surface area (Å²) in [6, 6.07) is 17.3. The predicted octanol–water partition coefficient (Wildman–Crippen LogP) is 4.13. The van der Waals surface area contributed by atoms with Gasteiger partial charge in [0.05, 0.1) is 23.9 Å².